The summed E-state index contributed by atoms with van der Waals surface area (Å²) in [6.07, 6.45) is 0. The predicted octanol–water partition coefficient (Wildman–Crippen LogP) is -0.570. The van der Waals surface area contributed by atoms with Crippen LogP contribution in [-0.2, 0) is 9.53 Å². The Bertz CT molecular complexity index is 64.9. The largest absolute Gasteiger partial charge is 0.466 e. The third-order valence-corrected chi connectivity index (χ3v) is 0.464. The molecular weight excluding hydrogens is 112 g/mol. The maximum Gasteiger partial charge on any atom is 0.293 e. The van der Waals surface area contributed by atoms with Gasteiger partial charge in [0.2, 0.25) is 0 Å². The van der Waals surface area contributed by atoms with Crippen LogP contribution in [0, 0.1) is 4.91 Å². The van der Waals surface area contributed by atoms with Gasteiger partial charge in [0, 0.05) is 5.29 Å². The summed E-state index contributed by atoms with van der Waals surface area (Å²) in [5.74, 6) is 0. The Balaban J connectivity index is 2.71. The molecule has 0 aromatic heterocycles. The summed E-state index contributed by atoms with van der Waals surface area (Å²) in [5.41, 5.74) is 2.07. The molecular formula is C3H6N2O3. The van der Waals surface area contributed by atoms with Crippen LogP contribution in [0.2, 0.25) is 0 Å². The zero-order valence-electron chi connectivity index (χ0n) is 4.16. The monoisotopic (exact) mass is 118 g/mol. The maximum absolute atomic E-state index is 9.41. The summed E-state index contributed by atoms with van der Waals surface area (Å²) in [4.78, 5) is 18.7. The second-order valence-corrected chi connectivity index (χ2v) is 0.966. The quantitative estimate of drug-likeness (QED) is 0.227. The topological polar surface area (TPSA) is 67.8 Å². The predicted molar refractivity (Wildman–Crippen MR) is 25.8 cm³/mol. The number of nitroso groups, excluding NO2 is 1. The first kappa shape index (κ1) is 6.87. The van der Waals surface area contributed by atoms with Crippen molar-refractivity contribution in [3.63, 3.8) is 0 Å². The Morgan fingerprint density at radius 2 is 2.50 bits per heavy atom. The van der Waals surface area contributed by atoms with Crippen molar-refractivity contribution >= 4 is 6.47 Å². The average molecular weight is 118 g/mol. The van der Waals surface area contributed by atoms with Crippen LogP contribution in [0.4, 0.5) is 0 Å². The average Bonchev–Trinajstić information content (AvgIpc) is 1.81. The van der Waals surface area contributed by atoms with Gasteiger partial charge in [-0.25, -0.2) is 0 Å². The molecule has 0 atom stereocenters. The molecule has 0 radical (unpaired) electrons. The van der Waals surface area contributed by atoms with Crippen molar-refractivity contribution in [2.24, 2.45) is 5.29 Å². The molecule has 46 valence electrons. The summed E-state index contributed by atoms with van der Waals surface area (Å²) in [6.45, 7) is 0.754. The molecule has 0 unspecified atom stereocenters. The van der Waals surface area contributed by atoms with Crippen molar-refractivity contribution in [1.29, 1.82) is 0 Å². The van der Waals surface area contributed by atoms with E-state index in [4.69, 9.17) is 0 Å². The van der Waals surface area contributed by atoms with Crippen LogP contribution in [0.1, 0.15) is 0 Å². The highest BCUT2D eigenvalue weighted by Crippen LogP contribution is 1.62. The molecule has 8 heavy (non-hydrogen) atoms. The van der Waals surface area contributed by atoms with Gasteiger partial charge in [0.1, 0.15) is 6.61 Å². The zero-order valence-corrected chi connectivity index (χ0v) is 4.16. The molecule has 0 aromatic carbocycles. The van der Waals surface area contributed by atoms with Crippen molar-refractivity contribution in [3.8, 4) is 0 Å². The normalized spacial score (nSPS) is 7.50. The summed E-state index contributed by atoms with van der Waals surface area (Å²) in [5, 5.41) is 2.31. The number of hydrogen-bond donors (Lipinski definition) is 1. The number of carbonyl (C=O) groups excluding carboxylic acids is 1. The molecule has 1 N–H and O–H groups in total. The molecule has 0 fully saturated rings. The fourth-order valence-electron chi connectivity index (χ4n) is 0.198. The molecule has 0 spiro atoms. The standard InChI is InChI=1S/C3H6N2O3/c6-3-8-2-1-4-5-7/h3H,1-2H2,(H,4,7). The van der Waals surface area contributed by atoms with E-state index in [1.807, 2.05) is 0 Å². The van der Waals surface area contributed by atoms with Gasteiger partial charge in [0.05, 0.1) is 6.54 Å². The molecule has 5 nitrogen and oxygen atoms in total. The Kier molecular flexibility index (Phi) is 5.04. The molecule has 0 aliphatic heterocycles. The fourth-order valence-corrected chi connectivity index (χ4v) is 0.198. The summed E-state index contributed by atoms with van der Waals surface area (Å²) in [7, 11) is 0. The lowest BCUT2D eigenvalue weighted by molar-refractivity contribution is -0.128. The highest BCUT2D eigenvalue weighted by Gasteiger charge is 1.80. The summed E-state index contributed by atoms with van der Waals surface area (Å²) in [6, 6.07) is 0. The van der Waals surface area contributed by atoms with E-state index in [2.05, 4.69) is 15.4 Å². The van der Waals surface area contributed by atoms with E-state index in [0.717, 1.165) is 0 Å². The molecule has 0 saturated carbocycles. The summed E-state index contributed by atoms with van der Waals surface area (Å²) >= 11 is 0. The summed E-state index contributed by atoms with van der Waals surface area (Å²) < 4.78 is 4.19. The van der Waals surface area contributed by atoms with E-state index in [-0.39, 0.29) is 13.2 Å². The smallest absolute Gasteiger partial charge is 0.293 e. The van der Waals surface area contributed by atoms with Gasteiger partial charge in [-0.1, -0.05) is 0 Å². The number of nitrogens with zero attached hydrogens (tertiary/aromatic N) is 1. The molecule has 0 bridgehead atoms. The van der Waals surface area contributed by atoms with E-state index >= 15 is 0 Å². The van der Waals surface area contributed by atoms with Gasteiger partial charge in [0.25, 0.3) is 6.47 Å². The first-order valence-corrected chi connectivity index (χ1v) is 2.02. The van der Waals surface area contributed by atoms with Gasteiger partial charge < -0.3 is 4.74 Å². The molecule has 0 rings (SSSR count). The Morgan fingerprint density at radius 3 is 3.00 bits per heavy atom. The number of rotatable bonds is 5. The van der Waals surface area contributed by atoms with E-state index in [1.165, 1.54) is 0 Å². The van der Waals surface area contributed by atoms with Crippen LogP contribution in [0.5, 0.6) is 0 Å². The lowest BCUT2D eigenvalue weighted by Gasteiger charge is -1.92. The van der Waals surface area contributed by atoms with E-state index in [0.29, 0.717) is 6.47 Å². The van der Waals surface area contributed by atoms with Crippen molar-refractivity contribution in [2.45, 2.75) is 0 Å². The van der Waals surface area contributed by atoms with Crippen LogP contribution in [0.3, 0.4) is 0 Å². The molecule has 0 aliphatic carbocycles. The van der Waals surface area contributed by atoms with Gasteiger partial charge in [-0.05, 0) is 0 Å². The number of ether oxygens (including phenoxy) is 1. The van der Waals surface area contributed by atoms with Crippen LogP contribution in [0.25, 0.3) is 0 Å². The highest BCUT2D eigenvalue weighted by molar-refractivity contribution is 5.36. The minimum absolute atomic E-state index is 0.176. The number of nitrogens with one attached hydrogen (secondary N) is 1. The van der Waals surface area contributed by atoms with Crippen LogP contribution < -0.4 is 5.43 Å². The highest BCUT2D eigenvalue weighted by atomic mass is 16.5. The van der Waals surface area contributed by atoms with Crippen LogP contribution >= 0.6 is 0 Å². The number of carbonyl (C=O) groups is 1. The molecule has 0 amide bonds. The van der Waals surface area contributed by atoms with Gasteiger partial charge in [-0.3, -0.25) is 10.2 Å². The third kappa shape index (κ3) is 4.87. The van der Waals surface area contributed by atoms with Crippen LogP contribution in [-0.4, -0.2) is 19.6 Å². The lowest BCUT2D eigenvalue weighted by Crippen LogP contribution is -2.12. The Labute approximate surface area is 46.0 Å². The van der Waals surface area contributed by atoms with Crippen molar-refractivity contribution in [1.82, 2.24) is 5.43 Å². The number of hydrogen-bond acceptors (Lipinski definition) is 4. The Morgan fingerprint density at radius 1 is 1.75 bits per heavy atom. The molecule has 0 heterocycles. The molecule has 0 saturated heterocycles. The van der Waals surface area contributed by atoms with E-state index < -0.39 is 0 Å². The third-order valence-electron chi connectivity index (χ3n) is 0.464. The van der Waals surface area contributed by atoms with Crippen molar-refractivity contribution < 1.29 is 9.53 Å². The lowest BCUT2D eigenvalue weighted by atomic mass is 10.7. The fraction of sp³-hybridized carbons (Fsp3) is 0.667. The SMILES string of the molecule is O=COCCNN=O. The Hall–Kier alpha value is -1.13. The van der Waals surface area contributed by atoms with Crippen molar-refractivity contribution in [3.05, 3.63) is 4.91 Å². The second kappa shape index (κ2) is 5.87. The van der Waals surface area contributed by atoms with Gasteiger partial charge in [-0.2, -0.15) is 0 Å². The minimum atomic E-state index is 0.176. The molecule has 0 aliphatic rings. The van der Waals surface area contributed by atoms with Gasteiger partial charge >= 0.3 is 0 Å². The van der Waals surface area contributed by atoms with Crippen LogP contribution in [0.15, 0.2) is 5.29 Å². The van der Waals surface area contributed by atoms with Crippen molar-refractivity contribution in [2.75, 3.05) is 13.2 Å². The second-order valence-electron chi connectivity index (χ2n) is 0.966. The molecule has 5 heteroatoms. The van der Waals surface area contributed by atoms with E-state index in [9.17, 15) is 9.70 Å². The van der Waals surface area contributed by atoms with Gasteiger partial charge in [-0.15, -0.1) is 4.91 Å². The minimum Gasteiger partial charge on any atom is -0.466 e. The van der Waals surface area contributed by atoms with E-state index in [1.54, 1.807) is 0 Å². The first-order chi connectivity index (χ1) is 3.91. The molecule has 0 aromatic rings. The maximum atomic E-state index is 9.41. The first-order valence-electron chi connectivity index (χ1n) is 2.02. The zero-order chi connectivity index (χ0) is 6.24. The van der Waals surface area contributed by atoms with Gasteiger partial charge in [0.15, 0.2) is 0 Å².